The molecule has 5 heteroatoms. The first-order chi connectivity index (χ1) is 9.15. The van der Waals surface area contributed by atoms with Gasteiger partial charge in [-0.3, -0.25) is 0 Å². The van der Waals surface area contributed by atoms with Gasteiger partial charge < -0.3 is 10.6 Å². The fourth-order valence-electron chi connectivity index (χ4n) is 2.01. The predicted octanol–water partition coefficient (Wildman–Crippen LogP) is 2.79. The second-order valence-corrected chi connectivity index (χ2v) is 4.80. The Morgan fingerprint density at radius 3 is 2.74 bits per heavy atom. The van der Waals surface area contributed by atoms with E-state index in [-0.39, 0.29) is 6.04 Å². The molecule has 0 radical (unpaired) electrons. The monoisotopic (exact) mass is 276 g/mol. The standard InChI is InChI=1S/C14H17ClN4/c1-10(12-5-3-4-6-13(12)15)19(2)14-11(9-16)7-8-17-18-14/h3-8,10H,9,16H2,1-2H3. The molecule has 1 atom stereocenters. The van der Waals surface area contributed by atoms with Crippen LogP contribution in [0.4, 0.5) is 5.82 Å². The number of hydrogen-bond acceptors (Lipinski definition) is 4. The van der Waals surface area contributed by atoms with Crippen molar-refractivity contribution in [2.45, 2.75) is 19.5 Å². The van der Waals surface area contributed by atoms with Gasteiger partial charge in [0.15, 0.2) is 5.82 Å². The number of rotatable bonds is 4. The van der Waals surface area contributed by atoms with Crippen molar-refractivity contribution in [3.8, 4) is 0 Å². The highest BCUT2D eigenvalue weighted by Crippen LogP contribution is 2.29. The zero-order valence-corrected chi connectivity index (χ0v) is 11.8. The molecule has 19 heavy (non-hydrogen) atoms. The Balaban J connectivity index is 2.34. The summed E-state index contributed by atoms with van der Waals surface area (Å²) in [4.78, 5) is 2.04. The van der Waals surface area contributed by atoms with E-state index in [4.69, 9.17) is 17.3 Å². The van der Waals surface area contributed by atoms with E-state index in [0.717, 1.165) is 22.0 Å². The predicted molar refractivity (Wildman–Crippen MR) is 78.2 cm³/mol. The zero-order chi connectivity index (χ0) is 13.8. The van der Waals surface area contributed by atoms with Crippen LogP contribution in [-0.2, 0) is 6.54 Å². The van der Waals surface area contributed by atoms with E-state index in [9.17, 15) is 0 Å². The quantitative estimate of drug-likeness (QED) is 0.933. The van der Waals surface area contributed by atoms with Gasteiger partial charge in [-0.05, 0) is 24.6 Å². The molecule has 0 amide bonds. The fraction of sp³-hybridized carbons (Fsp3) is 0.286. The van der Waals surface area contributed by atoms with Crippen LogP contribution in [0.3, 0.4) is 0 Å². The Morgan fingerprint density at radius 1 is 1.32 bits per heavy atom. The van der Waals surface area contributed by atoms with Crippen molar-refractivity contribution in [3.05, 3.63) is 52.7 Å². The third kappa shape index (κ3) is 2.85. The summed E-state index contributed by atoms with van der Waals surface area (Å²) >= 11 is 6.24. The Morgan fingerprint density at radius 2 is 2.05 bits per heavy atom. The molecule has 4 nitrogen and oxygen atoms in total. The number of nitrogens with zero attached hydrogens (tertiary/aromatic N) is 3. The summed E-state index contributed by atoms with van der Waals surface area (Å²) in [5, 5.41) is 8.86. The van der Waals surface area contributed by atoms with Crippen molar-refractivity contribution < 1.29 is 0 Å². The van der Waals surface area contributed by atoms with E-state index in [1.54, 1.807) is 6.20 Å². The number of nitrogens with two attached hydrogens (primary N) is 1. The van der Waals surface area contributed by atoms with Gasteiger partial charge in [-0.1, -0.05) is 29.8 Å². The first-order valence-electron chi connectivity index (χ1n) is 6.13. The summed E-state index contributed by atoms with van der Waals surface area (Å²) in [6.07, 6.45) is 1.65. The lowest BCUT2D eigenvalue weighted by molar-refractivity contribution is 0.713. The van der Waals surface area contributed by atoms with Crippen molar-refractivity contribution >= 4 is 17.4 Å². The summed E-state index contributed by atoms with van der Waals surface area (Å²) < 4.78 is 0. The van der Waals surface area contributed by atoms with Gasteiger partial charge >= 0.3 is 0 Å². The first kappa shape index (κ1) is 13.8. The second-order valence-electron chi connectivity index (χ2n) is 4.39. The van der Waals surface area contributed by atoms with Crippen molar-refractivity contribution in [3.63, 3.8) is 0 Å². The average molecular weight is 277 g/mol. The molecule has 1 unspecified atom stereocenters. The summed E-state index contributed by atoms with van der Waals surface area (Å²) in [5.74, 6) is 0.789. The summed E-state index contributed by atoms with van der Waals surface area (Å²) in [7, 11) is 1.97. The Labute approximate surface area is 118 Å². The van der Waals surface area contributed by atoms with Gasteiger partial charge in [0.05, 0.1) is 12.2 Å². The molecule has 2 N–H and O–H groups in total. The molecule has 0 fully saturated rings. The lowest BCUT2D eigenvalue weighted by atomic mass is 10.1. The van der Waals surface area contributed by atoms with E-state index in [1.165, 1.54) is 0 Å². The minimum Gasteiger partial charge on any atom is -0.351 e. The Hall–Kier alpha value is -1.65. The van der Waals surface area contributed by atoms with Gasteiger partial charge in [-0.15, -0.1) is 5.10 Å². The van der Waals surface area contributed by atoms with Crippen LogP contribution in [-0.4, -0.2) is 17.2 Å². The molecule has 0 saturated carbocycles. The lowest BCUT2D eigenvalue weighted by Crippen LogP contribution is -2.25. The largest absolute Gasteiger partial charge is 0.351 e. The van der Waals surface area contributed by atoms with Gasteiger partial charge in [0.2, 0.25) is 0 Å². The molecule has 0 aliphatic carbocycles. The van der Waals surface area contributed by atoms with E-state index in [1.807, 2.05) is 42.3 Å². The maximum absolute atomic E-state index is 6.24. The van der Waals surface area contributed by atoms with Gasteiger partial charge in [0.1, 0.15) is 0 Å². The number of anilines is 1. The fourth-order valence-corrected chi connectivity index (χ4v) is 2.31. The molecule has 1 aromatic heterocycles. The highest BCUT2D eigenvalue weighted by atomic mass is 35.5. The number of hydrogen-bond donors (Lipinski definition) is 1. The summed E-state index contributed by atoms with van der Waals surface area (Å²) in [6.45, 7) is 2.51. The first-order valence-corrected chi connectivity index (χ1v) is 6.50. The number of aromatic nitrogens is 2. The SMILES string of the molecule is CC(c1ccccc1Cl)N(C)c1nnccc1CN. The van der Waals surface area contributed by atoms with Crippen LogP contribution in [0.1, 0.15) is 24.1 Å². The average Bonchev–Trinajstić information content (AvgIpc) is 2.46. The Kier molecular flexibility index (Phi) is 4.35. The van der Waals surface area contributed by atoms with E-state index < -0.39 is 0 Å². The van der Waals surface area contributed by atoms with Gasteiger partial charge in [0, 0.05) is 24.2 Å². The molecular weight excluding hydrogens is 260 g/mol. The molecular formula is C14H17ClN4. The van der Waals surface area contributed by atoms with Crippen LogP contribution in [0.2, 0.25) is 5.02 Å². The molecule has 1 aromatic carbocycles. The topological polar surface area (TPSA) is 55.0 Å². The molecule has 0 saturated heterocycles. The van der Waals surface area contributed by atoms with Gasteiger partial charge in [0.25, 0.3) is 0 Å². The van der Waals surface area contributed by atoms with E-state index in [2.05, 4.69) is 17.1 Å². The van der Waals surface area contributed by atoms with Crippen molar-refractivity contribution in [1.82, 2.24) is 10.2 Å². The van der Waals surface area contributed by atoms with E-state index >= 15 is 0 Å². The lowest BCUT2D eigenvalue weighted by Gasteiger charge is -2.28. The number of halogens is 1. The van der Waals surface area contributed by atoms with Crippen LogP contribution in [0.25, 0.3) is 0 Å². The second kappa shape index (κ2) is 5.99. The van der Waals surface area contributed by atoms with Crippen LogP contribution >= 0.6 is 11.6 Å². The number of benzene rings is 1. The highest BCUT2D eigenvalue weighted by molar-refractivity contribution is 6.31. The van der Waals surface area contributed by atoms with Crippen molar-refractivity contribution in [1.29, 1.82) is 0 Å². The maximum Gasteiger partial charge on any atom is 0.156 e. The Bertz CT molecular complexity index is 559. The molecule has 0 spiro atoms. The van der Waals surface area contributed by atoms with Crippen LogP contribution in [0.5, 0.6) is 0 Å². The molecule has 0 bridgehead atoms. The smallest absolute Gasteiger partial charge is 0.156 e. The molecule has 0 aliphatic heterocycles. The van der Waals surface area contributed by atoms with Gasteiger partial charge in [-0.25, -0.2) is 0 Å². The van der Waals surface area contributed by atoms with E-state index in [0.29, 0.717) is 6.54 Å². The van der Waals surface area contributed by atoms with Crippen LogP contribution in [0.15, 0.2) is 36.5 Å². The van der Waals surface area contributed by atoms with Crippen LogP contribution < -0.4 is 10.6 Å². The van der Waals surface area contributed by atoms with Crippen molar-refractivity contribution in [2.24, 2.45) is 5.73 Å². The molecule has 2 rings (SSSR count). The molecule has 0 aliphatic rings. The molecule has 100 valence electrons. The maximum atomic E-state index is 6.24. The zero-order valence-electron chi connectivity index (χ0n) is 11.0. The third-order valence-electron chi connectivity index (χ3n) is 3.27. The normalized spacial score (nSPS) is 12.2. The minimum absolute atomic E-state index is 0.0932. The van der Waals surface area contributed by atoms with Gasteiger partial charge in [-0.2, -0.15) is 5.10 Å². The van der Waals surface area contributed by atoms with Crippen molar-refractivity contribution in [2.75, 3.05) is 11.9 Å². The highest BCUT2D eigenvalue weighted by Gasteiger charge is 2.18. The molecule has 1 heterocycles. The van der Waals surface area contributed by atoms with Crippen LogP contribution in [0, 0.1) is 0 Å². The summed E-state index contributed by atoms with van der Waals surface area (Å²) in [6, 6.07) is 9.79. The minimum atomic E-state index is 0.0932. The summed E-state index contributed by atoms with van der Waals surface area (Å²) in [5.41, 5.74) is 7.76. The third-order valence-corrected chi connectivity index (χ3v) is 3.62. The molecule has 2 aromatic rings.